The number of hydrogen-bond donors (Lipinski definition) is 2. The standard InChI is InChI=1S/C11H20N2O4S/c1-3-4-8(5-17-2)12-11(16)13-7-18-6-9(13)10(14)15/h8-9H,3-7H2,1-2H3,(H,12,16)(H,14,15). The molecule has 2 unspecified atom stereocenters. The van der Waals surface area contributed by atoms with Crippen molar-refractivity contribution < 1.29 is 19.4 Å². The van der Waals surface area contributed by atoms with Gasteiger partial charge >= 0.3 is 12.0 Å². The SMILES string of the molecule is CCCC(COC)NC(=O)N1CSCC1C(=O)O. The lowest BCUT2D eigenvalue weighted by Gasteiger charge is -2.24. The Morgan fingerprint density at radius 2 is 2.33 bits per heavy atom. The number of hydrogen-bond acceptors (Lipinski definition) is 4. The lowest BCUT2D eigenvalue weighted by Crippen LogP contribution is -2.50. The summed E-state index contributed by atoms with van der Waals surface area (Å²) < 4.78 is 5.04. The number of carbonyl (C=O) groups excluding carboxylic acids is 1. The second-order valence-electron chi connectivity index (χ2n) is 4.21. The fourth-order valence-corrected chi connectivity index (χ4v) is 3.00. The van der Waals surface area contributed by atoms with Crippen LogP contribution in [0.1, 0.15) is 19.8 Å². The largest absolute Gasteiger partial charge is 0.480 e. The highest BCUT2D eigenvalue weighted by atomic mass is 32.2. The van der Waals surface area contributed by atoms with E-state index in [-0.39, 0.29) is 12.1 Å². The second-order valence-corrected chi connectivity index (χ2v) is 5.21. The number of urea groups is 1. The third-order valence-corrected chi connectivity index (χ3v) is 3.77. The van der Waals surface area contributed by atoms with E-state index in [2.05, 4.69) is 5.32 Å². The van der Waals surface area contributed by atoms with Gasteiger partial charge in [-0.05, 0) is 6.42 Å². The summed E-state index contributed by atoms with van der Waals surface area (Å²) in [5.74, 6) is -0.0750. The van der Waals surface area contributed by atoms with E-state index >= 15 is 0 Å². The van der Waals surface area contributed by atoms with Gasteiger partial charge in [0.05, 0.1) is 18.5 Å². The molecule has 2 N–H and O–H groups in total. The number of thioether (sulfide) groups is 1. The topological polar surface area (TPSA) is 78.9 Å². The Balaban J connectivity index is 2.54. The molecule has 0 bridgehead atoms. The number of rotatable bonds is 6. The molecule has 1 aliphatic rings. The summed E-state index contributed by atoms with van der Waals surface area (Å²) >= 11 is 1.45. The maximum Gasteiger partial charge on any atom is 0.327 e. The Hall–Kier alpha value is -0.950. The average Bonchev–Trinajstić information content (AvgIpc) is 2.78. The summed E-state index contributed by atoms with van der Waals surface area (Å²) in [6.07, 6.45) is 1.75. The Labute approximate surface area is 111 Å². The Kier molecular flexibility index (Phi) is 6.28. The molecule has 1 aliphatic heterocycles. The molecular weight excluding hydrogens is 256 g/mol. The molecule has 0 aromatic rings. The van der Waals surface area contributed by atoms with Crippen LogP contribution in [0.15, 0.2) is 0 Å². The predicted octanol–water partition coefficient (Wildman–Crippen LogP) is 0.971. The molecule has 1 saturated heterocycles. The summed E-state index contributed by atoms with van der Waals surface area (Å²) in [5, 5.41) is 11.8. The second kappa shape index (κ2) is 7.48. The first-order chi connectivity index (χ1) is 8.60. The van der Waals surface area contributed by atoms with Crippen molar-refractivity contribution >= 4 is 23.8 Å². The van der Waals surface area contributed by atoms with Gasteiger partial charge in [0.15, 0.2) is 0 Å². The zero-order valence-electron chi connectivity index (χ0n) is 10.7. The smallest absolute Gasteiger partial charge is 0.327 e. The first kappa shape index (κ1) is 15.1. The highest BCUT2D eigenvalue weighted by Crippen LogP contribution is 2.21. The van der Waals surface area contributed by atoms with Crippen LogP contribution in [0, 0.1) is 0 Å². The van der Waals surface area contributed by atoms with Crippen molar-refractivity contribution in [1.82, 2.24) is 10.2 Å². The molecule has 7 heteroatoms. The number of aliphatic carboxylic acids is 1. The first-order valence-electron chi connectivity index (χ1n) is 5.96. The number of carboxylic acids is 1. The van der Waals surface area contributed by atoms with Crippen molar-refractivity contribution in [3.8, 4) is 0 Å². The van der Waals surface area contributed by atoms with Gasteiger partial charge in [0, 0.05) is 12.9 Å². The zero-order chi connectivity index (χ0) is 13.5. The predicted molar refractivity (Wildman–Crippen MR) is 69.7 cm³/mol. The third kappa shape index (κ3) is 4.06. The van der Waals surface area contributed by atoms with Crippen LogP contribution >= 0.6 is 11.8 Å². The molecule has 0 spiro atoms. The molecule has 0 aromatic heterocycles. The summed E-state index contributed by atoms with van der Waals surface area (Å²) in [6, 6.07) is -1.10. The van der Waals surface area contributed by atoms with Crippen LogP contribution in [0.5, 0.6) is 0 Å². The number of carbonyl (C=O) groups is 2. The van der Waals surface area contributed by atoms with Gasteiger partial charge in [-0.3, -0.25) is 0 Å². The van der Waals surface area contributed by atoms with Gasteiger partial charge in [-0.15, -0.1) is 11.8 Å². The number of carboxylic acid groups (broad SMARTS) is 1. The van der Waals surface area contributed by atoms with Gasteiger partial charge in [0.25, 0.3) is 0 Å². The molecule has 1 rings (SSSR count). The van der Waals surface area contributed by atoms with Crippen molar-refractivity contribution in [3.63, 3.8) is 0 Å². The number of methoxy groups -OCH3 is 1. The van der Waals surface area contributed by atoms with E-state index in [1.54, 1.807) is 7.11 Å². The normalized spacial score (nSPS) is 20.8. The fraction of sp³-hybridized carbons (Fsp3) is 0.818. The van der Waals surface area contributed by atoms with Gasteiger partial charge in [-0.25, -0.2) is 9.59 Å². The highest BCUT2D eigenvalue weighted by Gasteiger charge is 2.35. The molecule has 6 nitrogen and oxygen atoms in total. The molecule has 1 fully saturated rings. The van der Waals surface area contributed by atoms with E-state index in [4.69, 9.17) is 9.84 Å². The van der Waals surface area contributed by atoms with Crippen molar-refractivity contribution in [3.05, 3.63) is 0 Å². The molecule has 0 aliphatic carbocycles. The van der Waals surface area contributed by atoms with Crippen LogP contribution in [0.4, 0.5) is 4.79 Å². The third-order valence-electron chi connectivity index (χ3n) is 2.76. The van der Waals surface area contributed by atoms with E-state index in [1.807, 2.05) is 6.92 Å². The summed E-state index contributed by atoms with van der Waals surface area (Å²) in [5.41, 5.74) is 0. The van der Waals surface area contributed by atoms with Crippen LogP contribution in [-0.4, -0.2) is 59.4 Å². The fourth-order valence-electron chi connectivity index (χ4n) is 1.85. The van der Waals surface area contributed by atoms with E-state index in [0.717, 1.165) is 12.8 Å². The lowest BCUT2D eigenvalue weighted by atomic mass is 10.2. The first-order valence-corrected chi connectivity index (χ1v) is 7.12. The van der Waals surface area contributed by atoms with Crippen molar-refractivity contribution in [2.75, 3.05) is 25.3 Å². The van der Waals surface area contributed by atoms with E-state index in [1.165, 1.54) is 16.7 Å². The van der Waals surface area contributed by atoms with Crippen LogP contribution in [0.3, 0.4) is 0 Å². The summed E-state index contributed by atoms with van der Waals surface area (Å²) in [6.45, 7) is 2.47. The Morgan fingerprint density at radius 1 is 1.61 bits per heavy atom. The monoisotopic (exact) mass is 276 g/mol. The van der Waals surface area contributed by atoms with Crippen LogP contribution in [0.2, 0.25) is 0 Å². The van der Waals surface area contributed by atoms with Crippen LogP contribution in [-0.2, 0) is 9.53 Å². The van der Waals surface area contributed by atoms with Gasteiger partial charge in [0.1, 0.15) is 6.04 Å². The average molecular weight is 276 g/mol. The minimum absolute atomic E-state index is 0.0625. The number of amides is 2. The molecule has 2 atom stereocenters. The van der Waals surface area contributed by atoms with E-state index < -0.39 is 12.0 Å². The summed E-state index contributed by atoms with van der Waals surface area (Å²) in [4.78, 5) is 24.4. The number of ether oxygens (including phenoxy) is 1. The lowest BCUT2D eigenvalue weighted by molar-refractivity contribution is -0.140. The van der Waals surface area contributed by atoms with Crippen molar-refractivity contribution in [2.24, 2.45) is 0 Å². The van der Waals surface area contributed by atoms with Crippen LogP contribution in [0.25, 0.3) is 0 Å². The molecule has 1 heterocycles. The van der Waals surface area contributed by atoms with Gasteiger partial charge in [-0.2, -0.15) is 0 Å². The van der Waals surface area contributed by atoms with Gasteiger partial charge in [0.2, 0.25) is 0 Å². The molecule has 0 saturated carbocycles. The molecule has 0 aromatic carbocycles. The Bertz CT molecular complexity index is 295. The Morgan fingerprint density at radius 3 is 2.89 bits per heavy atom. The maximum absolute atomic E-state index is 12.0. The minimum Gasteiger partial charge on any atom is -0.480 e. The molecule has 2 amide bonds. The van der Waals surface area contributed by atoms with Crippen molar-refractivity contribution in [1.29, 1.82) is 0 Å². The molecule has 18 heavy (non-hydrogen) atoms. The molecule has 0 radical (unpaired) electrons. The summed E-state index contributed by atoms with van der Waals surface area (Å²) in [7, 11) is 1.58. The van der Waals surface area contributed by atoms with Gasteiger partial charge in [-0.1, -0.05) is 13.3 Å². The van der Waals surface area contributed by atoms with E-state index in [0.29, 0.717) is 18.2 Å². The number of nitrogens with zero attached hydrogens (tertiary/aromatic N) is 1. The molecular formula is C11H20N2O4S. The number of nitrogens with one attached hydrogen (secondary N) is 1. The zero-order valence-corrected chi connectivity index (χ0v) is 11.5. The van der Waals surface area contributed by atoms with E-state index in [9.17, 15) is 9.59 Å². The minimum atomic E-state index is -0.950. The molecule has 104 valence electrons. The quantitative estimate of drug-likeness (QED) is 0.756. The highest BCUT2D eigenvalue weighted by molar-refractivity contribution is 7.99. The maximum atomic E-state index is 12.0. The van der Waals surface area contributed by atoms with Crippen LogP contribution < -0.4 is 5.32 Å². The van der Waals surface area contributed by atoms with Gasteiger partial charge < -0.3 is 20.1 Å². The van der Waals surface area contributed by atoms with Crippen molar-refractivity contribution in [2.45, 2.75) is 31.8 Å².